The highest BCUT2D eigenvalue weighted by Gasteiger charge is 2.35. The monoisotopic (exact) mass is 480 g/mol. The first-order valence-corrected chi connectivity index (χ1v) is 12.5. The zero-order chi connectivity index (χ0) is 24.2. The van der Waals surface area contributed by atoms with Crippen LogP contribution in [0, 0.1) is 5.82 Å². The lowest BCUT2D eigenvalue weighted by Crippen LogP contribution is -2.34. The van der Waals surface area contributed by atoms with Gasteiger partial charge in [0.25, 0.3) is 5.91 Å². The van der Waals surface area contributed by atoms with Crippen LogP contribution in [-0.2, 0) is 16.4 Å². The van der Waals surface area contributed by atoms with Gasteiger partial charge in [-0.25, -0.2) is 17.8 Å². The van der Waals surface area contributed by atoms with Crippen molar-refractivity contribution in [1.29, 1.82) is 0 Å². The maximum atomic E-state index is 15.1. The Morgan fingerprint density at radius 2 is 1.79 bits per heavy atom. The molecule has 2 aliphatic rings. The summed E-state index contributed by atoms with van der Waals surface area (Å²) in [6, 6.07) is 11.2. The summed E-state index contributed by atoms with van der Waals surface area (Å²) in [4.78, 5) is 18.3. The van der Waals surface area contributed by atoms with E-state index in [2.05, 4.69) is 4.98 Å². The lowest BCUT2D eigenvalue weighted by Gasteiger charge is -2.25. The van der Waals surface area contributed by atoms with Gasteiger partial charge in [-0.2, -0.15) is 4.31 Å². The van der Waals surface area contributed by atoms with Gasteiger partial charge in [-0.1, -0.05) is 18.2 Å². The molecule has 1 fully saturated rings. The van der Waals surface area contributed by atoms with Gasteiger partial charge in [0, 0.05) is 55.1 Å². The largest absolute Gasteiger partial charge is 0.383 e. The number of nitrogens with two attached hydrogens (primary N) is 1. The van der Waals surface area contributed by atoms with Gasteiger partial charge in [0.1, 0.15) is 11.6 Å². The van der Waals surface area contributed by atoms with Gasteiger partial charge in [0.05, 0.1) is 4.90 Å². The minimum Gasteiger partial charge on any atom is -0.383 e. The van der Waals surface area contributed by atoms with Gasteiger partial charge in [0.2, 0.25) is 10.0 Å². The fourth-order valence-electron chi connectivity index (χ4n) is 4.32. The van der Waals surface area contributed by atoms with Gasteiger partial charge >= 0.3 is 0 Å². The molecule has 0 bridgehead atoms. The first-order valence-electron chi connectivity index (χ1n) is 11.1. The fraction of sp³-hybridized carbons (Fsp3) is 0.280. The highest BCUT2D eigenvalue weighted by atomic mass is 32.2. The summed E-state index contributed by atoms with van der Waals surface area (Å²) in [6.45, 7) is 0.638. The number of carbonyl (C=O) groups excluding carboxylic acids is 1. The SMILES string of the molecule is CN1CCc2cc(-c3cc(-c4ccc(S(=O)(=O)N(C)C5CC5)cc4F)cnc3N)ccc2C1=O. The van der Waals surface area contributed by atoms with E-state index >= 15 is 4.39 Å². The molecule has 2 aromatic carbocycles. The predicted molar refractivity (Wildman–Crippen MR) is 128 cm³/mol. The van der Waals surface area contributed by atoms with Crippen molar-refractivity contribution in [2.45, 2.75) is 30.2 Å². The molecule has 1 aromatic heterocycles. The minimum absolute atomic E-state index is 0.0103. The third-order valence-corrected chi connectivity index (χ3v) is 8.52. The number of hydrogen-bond acceptors (Lipinski definition) is 5. The number of likely N-dealkylation sites (N-methyl/N-ethyl adjacent to an activating group) is 1. The number of nitrogens with zero attached hydrogens (tertiary/aromatic N) is 3. The van der Waals surface area contributed by atoms with Crippen molar-refractivity contribution < 1.29 is 17.6 Å². The van der Waals surface area contributed by atoms with Crippen molar-refractivity contribution in [3.05, 3.63) is 65.6 Å². The number of hydrogen-bond donors (Lipinski definition) is 1. The Morgan fingerprint density at radius 3 is 2.50 bits per heavy atom. The van der Waals surface area contributed by atoms with Crippen molar-refractivity contribution in [2.75, 3.05) is 26.4 Å². The zero-order valence-corrected chi connectivity index (χ0v) is 19.8. The van der Waals surface area contributed by atoms with E-state index in [0.717, 1.165) is 36.5 Å². The maximum absolute atomic E-state index is 15.1. The van der Waals surface area contributed by atoms with Crippen LogP contribution in [0.5, 0.6) is 0 Å². The fourth-order valence-corrected chi connectivity index (χ4v) is 5.75. The molecule has 1 aliphatic heterocycles. The number of benzene rings is 2. The predicted octanol–water partition coefficient (Wildman–Crippen LogP) is 3.55. The average Bonchev–Trinajstić information content (AvgIpc) is 3.66. The van der Waals surface area contributed by atoms with Gasteiger partial charge in [-0.3, -0.25) is 4.79 Å². The second-order valence-electron chi connectivity index (χ2n) is 8.90. The molecule has 1 saturated carbocycles. The van der Waals surface area contributed by atoms with Crippen LogP contribution in [0.1, 0.15) is 28.8 Å². The average molecular weight is 481 g/mol. The number of rotatable bonds is 5. The summed E-state index contributed by atoms with van der Waals surface area (Å²) in [6.07, 6.45) is 3.85. The minimum atomic E-state index is -3.75. The molecule has 0 saturated heterocycles. The van der Waals surface area contributed by atoms with E-state index in [1.54, 1.807) is 24.1 Å². The summed E-state index contributed by atoms with van der Waals surface area (Å²) >= 11 is 0. The number of sulfonamides is 1. The van der Waals surface area contributed by atoms with Gasteiger partial charge in [-0.15, -0.1) is 0 Å². The van der Waals surface area contributed by atoms with Gasteiger partial charge in [-0.05, 0) is 54.7 Å². The second kappa shape index (κ2) is 8.18. The van der Waals surface area contributed by atoms with Crippen molar-refractivity contribution in [1.82, 2.24) is 14.2 Å². The number of anilines is 1. The van der Waals surface area contributed by atoms with Crippen molar-refractivity contribution in [3.8, 4) is 22.3 Å². The van der Waals surface area contributed by atoms with Gasteiger partial charge < -0.3 is 10.6 Å². The third kappa shape index (κ3) is 3.84. The van der Waals surface area contributed by atoms with Crippen LogP contribution in [0.15, 0.2) is 53.6 Å². The topological polar surface area (TPSA) is 96.6 Å². The molecular formula is C25H25FN4O3S. The van der Waals surface area contributed by atoms with Crippen LogP contribution in [0.4, 0.5) is 10.2 Å². The van der Waals surface area contributed by atoms with E-state index in [1.807, 2.05) is 12.1 Å². The molecule has 1 aliphatic carbocycles. The van der Waals surface area contributed by atoms with Crippen molar-refractivity contribution in [2.24, 2.45) is 0 Å². The molecule has 0 atom stereocenters. The molecule has 1 amide bonds. The smallest absolute Gasteiger partial charge is 0.253 e. The summed E-state index contributed by atoms with van der Waals surface area (Å²) in [5, 5.41) is 0. The van der Waals surface area contributed by atoms with E-state index < -0.39 is 15.8 Å². The molecule has 0 spiro atoms. The number of aromatic nitrogens is 1. The molecule has 0 radical (unpaired) electrons. The second-order valence-corrected chi connectivity index (χ2v) is 10.9. The first kappa shape index (κ1) is 22.5. The third-order valence-electron chi connectivity index (χ3n) is 6.62. The quantitative estimate of drug-likeness (QED) is 0.603. The molecule has 176 valence electrons. The highest BCUT2D eigenvalue weighted by molar-refractivity contribution is 7.89. The summed E-state index contributed by atoms with van der Waals surface area (Å²) in [7, 11) is -0.441. The molecular weight excluding hydrogens is 455 g/mol. The Labute approximate surface area is 198 Å². The standard InChI is InChI=1S/C25H25FN4O3S/c1-29-10-9-16-11-15(3-7-21(16)25(29)31)22-12-17(14-28-24(22)27)20-8-6-19(13-23(20)26)34(32,33)30(2)18-4-5-18/h3,6-8,11-14,18H,4-5,9-10H2,1-2H3,(H2,27,28). The molecule has 2 heterocycles. The molecule has 5 rings (SSSR count). The van der Waals surface area contributed by atoms with Crippen LogP contribution >= 0.6 is 0 Å². The molecule has 7 nitrogen and oxygen atoms in total. The lowest BCUT2D eigenvalue weighted by atomic mass is 9.93. The Morgan fingerprint density at radius 1 is 1.06 bits per heavy atom. The number of nitrogen functional groups attached to an aromatic ring is 1. The van der Waals surface area contributed by atoms with Crippen molar-refractivity contribution >= 4 is 21.7 Å². The summed E-state index contributed by atoms with van der Waals surface area (Å²) in [5.41, 5.74) is 9.87. The molecule has 2 N–H and O–H groups in total. The van der Waals surface area contributed by atoms with E-state index in [9.17, 15) is 13.2 Å². The highest BCUT2D eigenvalue weighted by Crippen LogP contribution is 2.35. The van der Waals surface area contributed by atoms with Gasteiger partial charge in [0.15, 0.2) is 0 Å². The summed E-state index contributed by atoms with van der Waals surface area (Å²) < 4.78 is 41.9. The molecule has 9 heteroatoms. The lowest BCUT2D eigenvalue weighted by molar-refractivity contribution is 0.0781. The zero-order valence-electron chi connectivity index (χ0n) is 19.0. The normalized spacial score (nSPS) is 16.1. The number of pyridine rings is 1. The van der Waals surface area contributed by atoms with Crippen LogP contribution in [0.2, 0.25) is 0 Å². The van der Waals surface area contributed by atoms with Crippen LogP contribution in [0.3, 0.4) is 0 Å². The Hall–Kier alpha value is -3.30. The first-order chi connectivity index (χ1) is 16.2. The Bertz CT molecular complexity index is 1420. The van der Waals surface area contributed by atoms with E-state index in [1.165, 1.54) is 29.7 Å². The Kier molecular flexibility index (Phi) is 5.41. The summed E-state index contributed by atoms with van der Waals surface area (Å²) in [5.74, 6) is -0.382. The molecule has 0 unspecified atom stereocenters. The molecule has 34 heavy (non-hydrogen) atoms. The molecule has 3 aromatic rings. The van der Waals surface area contributed by atoms with E-state index in [-0.39, 0.29) is 28.2 Å². The van der Waals surface area contributed by atoms with Crippen LogP contribution in [0.25, 0.3) is 22.3 Å². The van der Waals surface area contributed by atoms with E-state index in [0.29, 0.717) is 23.2 Å². The number of halogens is 1. The van der Waals surface area contributed by atoms with Crippen molar-refractivity contribution in [3.63, 3.8) is 0 Å². The van der Waals surface area contributed by atoms with E-state index in [4.69, 9.17) is 5.73 Å². The number of fused-ring (bicyclic) bond motifs is 1. The van der Waals surface area contributed by atoms with Crippen LogP contribution < -0.4 is 5.73 Å². The number of amides is 1. The number of carbonyl (C=O) groups is 1. The maximum Gasteiger partial charge on any atom is 0.253 e. The Balaban J connectivity index is 1.51. The van der Waals surface area contributed by atoms with Crippen LogP contribution in [-0.4, -0.2) is 55.2 Å².